The van der Waals surface area contributed by atoms with Crippen molar-refractivity contribution < 1.29 is 9.53 Å². The van der Waals surface area contributed by atoms with Gasteiger partial charge in [0.05, 0.1) is 12.1 Å². The predicted molar refractivity (Wildman–Crippen MR) is 62.5 cm³/mol. The van der Waals surface area contributed by atoms with Crippen LogP contribution in [-0.4, -0.2) is 35.7 Å². The van der Waals surface area contributed by atoms with E-state index in [-0.39, 0.29) is 24.1 Å². The molecule has 1 aromatic heterocycles. The quantitative estimate of drug-likeness (QED) is 0.687. The van der Waals surface area contributed by atoms with Crippen molar-refractivity contribution >= 4 is 5.91 Å². The van der Waals surface area contributed by atoms with Crippen molar-refractivity contribution in [2.75, 3.05) is 6.61 Å². The lowest BCUT2D eigenvalue weighted by molar-refractivity contribution is -0.117. The van der Waals surface area contributed by atoms with Gasteiger partial charge in [-0.1, -0.05) is 0 Å². The molecule has 5 heteroatoms. The van der Waals surface area contributed by atoms with Crippen molar-refractivity contribution in [3.05, 3.63) is 24.0 Å². The number of ether oxygens (including phenoxy) is 1. The van der Waals surface area contributed by atoms with Gasteiger partial charge in [-0.25, -0.2) is 0 Å². The maximum Gasteiger partial charge on any atom is 0.268 e. The second-order valence-electron chi connectivity index (χ2n) is 4.80. The summed E-state index contributed by atoms with van der Waals surface area (Å²) in [7, 11) is 0. The Balaban J connectivity index is 1.64. The summed E-state index contributed by atoms with van der Waals surface area (Å²) in [5, 5.41) is 2.95. The topological polar surface area (TPSA) is 80.1 Å². The first-order chi connectivity index (χ1) is 8.27. The van der Waals surface area contributed by atoms with E-state index in [1.54, 1.807) is 18.3 Å². The van der Waals surface area contributed by atoms with Crippen LogP contribution in [0.25, 0.3) is 0 Å². The van der Waals surface area contributed by atoms with Crippen LogP contribution in [0, 0.1) is 5.92 Å². The Kier molecular flexibility index (Phi) is 2.64. The molecule has 2 fully saturated rings. The number of nitrogens with two attached hydrogens (primary N) is 1. The van der Waals surface area contributed by atoms with E-state index in [9.17, 15) is 4.79 Å². The summed E-state index contributed by atoms with van der Waals surface area (Å²) in [6, 6.07) is 3.53. The van der Waals surface area contributed by atoms with E-state index < -0.39 is 0 Å². The van der Waals surface area contributed by atoms with Crippen molar-refractivity contribution in [1.82, 2.24) is 10.3 Å². The minimum atomic E-state index is -0.108. The SMILES string of the molecule is NC1C2CCCOC2C1NC(=O)c1ccc[nH]1. The molecule has 1 aromatic rings. The van der Waals surface area contributed by atoms with E-state index >= 15 is 0 Å². The fraction of sp³-hybridized carbons (Fsp3) is 0.583. The molecule has 4 atom stereocenters. The van der Waals surface area contributed by atoms with Gasteiger partial charge in [0.1, 0.15) is 5.69 Å². The average molecular weight is 235 g/mol. The average Bonchev–Trinajstić information content (AvgIpc) is 2.89. The largest absolute Gasteiger partial charge is 0.376 e. The van der Waals surface area contributed by atoms with Gasteiger partial charge in [0.2, 0.25) is 0 Å². The van der Waals surface area contributed by atoms with E-state index in [4.69, 9.17) is 10.5 Å². The minimum Gasteiger partial charge on any atom is -0.376 e. The highest BCUT2D eigenvalue weighted by molar-refractivity contribution is 5.92. The smallest absolute Gasteiger partial charge is 0.268 e. The number of H-pyrrole nitrogens is 1. The normalized spacial score (nSPS) is 35.8. The number of nitrogens with one attached hydrogen (secondary N) is 2. The Morgan fingerprint density at radius 2 is 2.47 bits per heavy atom. The van der Waals surface area contributed by atoms with Gasteiger partial charge in [0.25, 0.3) is 5.91 Å². The fourth-order valence-corrected chi connectivity index (χ4v) is 2.83. The summed E-state index contributed by atoms with van der Waals surface area (Å²) in [5.74, 6) is 0.306. The lowest BCUT2D eigenvalue weighted by atomic mass is 9.68. The highest BCUT2D eigenvalue weighted by Crippen LogP contribution is 2.36. The van der Waals surface area contributed by atoms with Crippen LogP contribution in [0.2, 0.25) is 0 Å². The highest BCUT2D eigenvalue weighted by Gasteiger charge is 2.51. The van der Waals surface area contributed by atoms with Crippen molar-refractivity contribution in [2.45, 2.75) is 31.0 Å². The van der Waals surface area contributed by atoms with Crippen LogP contribution in [0.5, 0.6) is 0 Å². The van der Waals surface area contributed by atoms with Crippen LogP contribution in [0.15, 0.2) is 18.3 Å². The highest BCUT2D eigenvalue weighted by atomic mass is 16.5. The maximum absolute atomic E-state index is 11.9. The molecular weight excluding hydrogens is 218 g/mol. The molecular formula is C12H17N3O2. The molecule has 1 saturated carbocycles. The Hall–Kier alpha value is -1.33. The Labute approximate surface area is 99.7 Å². The summed E-state index contributed by atoms with van der Waals surface area (Å²) in [6.07, 6.45) is 4.03. The molecule has 2 aliphatic rings. The maximum atomic E-state index is 11.9. The molecule has 3 rings (SSSR count). The molecule has 4 N–H and O–H groups in total. The molecule has 2 heterocycles. The minimum absolute atomic E-state index is 0.0270. The first-order valence-electron chi connectivity index (χ1n) is 6.09. The summed E-state index contributed by atoms with van der Waals surface area (Å²) in [6.45, 7) is 0.781. The molecule has 1 aliphatic carbocycles. The van der Waals surface area contributed by atoms with E-state index in [0.717, 1.165) is 19.4 Å². The number of aromatic nitrogens is 1. The molecule has 0 radical (unpaired) electrons. The molecule has 17 heavy (non-hydrogen) atoms. The number of hydrogen-bond acceptors (Lipinski definition) is 3. The zero-order valence-electron chi connectivity index (χ0n) is 9.56. The monoisotopic (exact) mass is 235 g/mol. The third-order valence-electron chi connectivity index (χ3n) is 3.82. The summed E-state index contributed by atoms with van der Waals surface area (Å²) in [5.41, 5.74) is 6.64. The first kappa shape index (κ1) is 10.8. The second-order valence-corrected chi connectivity index (χ2v) is 4.80. The predicted octanol–water partition coefficient (Wildman–Crippen LogP) is 0.249. The number of fused-ring (bicyclic) bond motifs is 1. The lowest BCUT2D eigenvalue weighted by Crippen LogP contribution is -2.72. The molecule has 0 aromatic carbocycles. The molecule has 5 nitrogen and oxygen atoms in total. The Morgan fingerprint density at radius 3 is 3.24 bits per heavy atom. The van der Waals surface area contributed by atoms with Gasteiger partial charge >= 0.3 is 0 Å². The van der Waals surface area contributed by atoms with Crippen LogP contribution < -0.4 is 11.1 Å². The van der Waals surface area contributed by atoms with Crippen LogP contribution in [-0.2, 0) is 4.74 Å². The summed E-state index contributed by atoms with van der Waals surface area (Å²) in [4.78, 5) is 14.8. The molecule has 1 amide bonds. The summed E-state index contributed by atoms with van der Waals surface area (Å²) < 4.78 is 5.67. The summed E-state index contributed by atoms with van der Waals surface area (Å²) >= 11 is 0. The van der Waals surface area contributed by atoms with Crippen molar-refractivity contribution in [3.8, 4) is 0 Å². The van der Waals surface area contributed by atoms with E-state index in [1.807, 2.05) is 0 Å². The van der Waals surface area contributed by atoms with Crippen molar-refractivity contribution in [2.24, 2.45) is 11.7 Å². The van der Waals surface area contributed by atoms with Crippen LogP contribution in [0.4, 0.5) is 0 Å². The third-order valence-corrected chi connectivity index (χ3v) is 3.82. The molecule has 0 bridgehead atoms. The fourth-order valence-electron chi connectivity index (χ4n) is 2.83. The third kappa shape index (κ3) is 1.75. The van der Waals surface area contributed by atoms with Crippen molar-refractivity contribution in [3.63, 3.8) is 0 Å². The number of amides is 1. The molecule has 0 spiro atoms. The van der Waals surface area contributed by atoms with Gasteiger partial charge in [-0.15, -0.1) is 0 Å². The number of carbonyl (C=O) groups is 1. The van der Waals surface area contributed by atoms with Gasteiger partial charge in [-0.05, 0) is 25.0 Å². The number of aromatic amines is 1. The van der Waals surface area contributed by atoms with Gasteiger partial charge in [0, 0.05) is 24.8 Å². The van der Waals surface area contributed by atoms with E-state index in [0.29, 0.717) is 11.6 Å². The Morgan fingerprint density at radius 1 is 1.59 bits per heavy atom. The van der Waals surface area contributed by atoms with E-state index in [2.05, 4.69) is 10.3 Å². The van der Waals surface area contributed by atoms with Gasteiger partial charge in [-0.2, -0.15) is 0 Å². The van der Waals surface area contributed by atoms with Gasteiger partial charge in [0.15, 0.2) is 0 Å². The van der Waals surface area contributed by atoms with Crippen LogP contribution >= 0.6 is 0 Å². The number of rotatable bonds is 2. The van der Waals surface area contributed by atoms with E-state index in [1.165, 1.54) is 0 Å². The van der Waals surface area contributed by atoms with Crippen LogP contribution in [0.3, 0.4) is 0 Å². The standard InChI is InChI=1S/C12H17N3O2/c13-9-7-3-2-6-17-11(7)10(9)15-12(16)8-4-1-5-14-8/h1,4-5,7,9-11,14H,2-3,6,13H2,(H,15,16). The Bertz CT molecular complexity index is 404. The zero-order chi connectivity index (χ0) is 11.8. The molecule has 1 saturated heterocycles. The van der Waals surface area contributed by atoms with Gasteiger partial charge in [-0.3, -0.25) is 4.79 Å². The van der Waals surface area contributed by atoms with Crippen LogP contribution in [0.1, 0.15) is 23.3 Å². The lowest BCUT2D eigenvalue weighted by Gasteiger charge is -2.52. The van der Waals surface area contributed by atoms with Crippen molar-refractivity contribution in [1.29, 1.82) is 0 Å². The number of hydrogen-bond donors (Lipinski definition) is 3. The number of carbonyl (C=O) groups excluding carboxylic acids is 1. The molecule has 4 unspecified atom stereocenters. The second kappa shape index (κ2) is 4.16. The molecule has 1 aliphatic heterocycles. The first-order valence-corrected chi connectivity index (χ1v) is 6.09. The van der Waals surface area contributed by atoms with Gasteiger partial charge < -0.3 is 20.8 Å². The zero-order valence-corrected chi connectivity index (χ0v) is 9.56. The molecule has 92 valence electrons.